The van der Waals surface area contributed by atoms with Crippen molar-refractivity contribution in [3.63, 3.8) is 0 Å². The third-order valence-corrected chi connectivity index (χ3v) is 9.19. The summed E-state index contributed by atoms with van der Waals surface area (Å²) in [4.78, 5) is 31.5. The molecule has 0 radical (unpaired) electrons. The molecule has 1 saturated carbocycles. The number of rotatable bonds is 7. The van der Waals surface area contributed by atoms with E-state index in [9.17, 15) is 9.59 Å². The van der Waals surface area contributed by atoms with E-state index >= 15 is 0 Å². The Hall–Kier alpha value is -2.38. The minimum Gasteiger partial charge on any atom is -0.342 e. The van der Waals surface area contributed by atoms with E-state index in [0.29, 0.717) is 5.92 Å². The third kappa shape index (κ3) is 6.35. The van der Waals surface area contributed by atoms with Crippen LogP contribution in [-0.2, 0) is 16.1 Å². The highest BCUT2D eigenvalue weighted by molar-refractivity contribution is 5.97. The standard InChI is InChI=1S/C31H45N5O2.ClH/c1-21(2)35-29(30(37)32-28(31(35)38)19-24-11-7-5-8-12-24)25-15-17-34(18-16-25)20-27-22(3)33-36(23(27)4)26-13-9-6-10-14-26;/h6,9-10,13-14,21,24-25,28-29H,5,7-8,11-12,15-20H2,1-4H3,(H,32,37);1H/t28-,29-;/m0./s1. The first kappa shape index (κ1) is 29.6. The van der Waals surface area contributed by atoms with Gasteiger partial charge in [0.1, 0.15) is 12.1 Å². The van der Waals surface area contributed by atoms with E-state index in [4.69, 9.17) is 5.10 Å². The maximum atomic E-state index is 13.6. The number of carbonyl (C=O) groups is 2. The maximum Gasteiger partial charge on any atom is 0.246 e. The number of aryl methyl sites for hydroxylation is 1. The van der Waals surface area contributed by atoms with Gasteiger partial charge in [-0.3, -0.25) is 14.5 Å². The SMILES string of the molecule is Cc1nn(-c2ccccc2)c(C)c1CN1CCC([C@H]2C(=O)N[C@@H](CC3CCCCC3)C(=O)N2C(C)C)CC1.Cl. The number of benzene rings is 1. The number of nitrogens with one attached hydrogen (secondary N) is 1. The van der Waals surface area contributed by atoms with E-state index in [1.807, 2.05) is 27.8 Å². The Labute approximate surface area is 240 Å². The third-order valence-electron chi connectivity index (χ3n) is 9.19. The molecular weight excluding hydrogens is 510 g/mol. The fourth-order valence-electron chi connectivity index (χ4n) is 7.07. The number of piperidine rings is 1. The molecule has 3 aliphatic rings. The molecule has 1 N–H and O–H groups in total. The van der Waals surface area contributed by atoms with Gasteiger partial charge in [-0.2, -0.15) is 5.10 Å². The molecule has 8 heteroatoms. The number of hydrogen-bond donors (Lipinski definition) is 1. The number of piperazine rings is 1. The van der Waals surface area contributed by atoms with Crippen LogP contribution in [0.1, 0.15) is 82.2 Å². The largest absolute Gasteiger partial charge is 0.342 e. The van der Waals surface area contributed by atoms with Gasteiger partial charge >= 0.3 is 0 Å². The van der Waals surface area contributed by atoms with Crippen molar-refractivity contribution in [2.75, 3.05) is 13.1 Å². The molecule has 2 atom stereocenters. The zero-order valence-electron chi connectivity index (χ0n) is 24.1. The Balaban J connectivity index is 0.00000353. The lowest BCUT2D eigenvalue weighted by atomic mass is 9.81. The highest BCUT2D eigenvalue weighted by Crippen LogP contribution is 2.33. The van der Waals surface area contributed by atoms with Crippen LogP contribution in [-0.4, -0.2) is 62.6 Å². The average Bonchev–Trinajstić information content (AvgIpc) is 3.20. The fraction of sp³-hybridized carbons (Fsp3) is 0.645. The molecule has 39 heavy (non-hydrogen) atoms. The summed E-state index contributed by atoms with van der Waals surface area (Å²) >= 11 is 0. The van der Waals surface area contributed by atoms with Gasteiger partial charge in [-0.05, 0) is 84.0 Å². The topological polar surface area (TPSA) is 70.5 Å². The monoisotopic (exact) mass is 555 g/mol. The minimum absolute atomic E-state index is 0. The molecule has 1 aromatic heterocycles. The molecular formula is C31H46ClN5O2. The predicted molar refractivity (Wildman–Crippen MR) is 157 cm³/mol. The van der Waals surface area contributed by atoms with Crippen LogP contribution < -0.4 is 5.32 Å². The quantitative estimate of drug-likeness (QED) is 0.510. The Morgan fingerprint density at radius 1 is 0.974 bits per heavy atom. The van der Waals surface area contributed by atoms with Gasteiger partial charge in [0.2, 0.25) is 11.8 Å². The van der Waals surface area contributed by atoms with Gasteiger partial charge in [0.25, 0.3) is 0 Å². The van der Waals surface area contributed by atoms with Crippen LogP contribution in [0.25, 0.3) is 5.69 Å². The van der Waals surface area contributed by atoms with Crippen LogP contribution in [0.5, 0.6) is 0 Å². The second-order valence-electron chi connectivity index (χ2n) is 12.1. The summed E-state index contributed by atoms with van der Waals surface area (Å²) in [6, 6.07) is 9.61. The van der Waals surface area contributed by atoms with Gasteiger partial charge in [-0.1, -0.05) is 50.3 Å². The molecule has 2 amide bonds. The molecule has 2 aromatic rings. The average molecular weight is 556 g/mol. The van der Waals surface area contributed by atoms with Gasteiger partial charge in [-0.25, -0.2) is 4.68 Å². The van der Waals surface area contributed by atoms with Gasteiger partial charge in [0.05, 0.1) is 11.4 Å². The number of hydrogen-bond acceptors (Lipinski definition) is 4. The van der Waals surface area contributed by atoms with Crippen molar-refractivity contribution in [1.82, 2.24) is 24.9 Å². The summed E-state index contributed by atoms with van der Waals surface area (Å²) in [5.74, 6) is 0.956. The lowest BCUT2D eigenvalue weighted by Gasteiger charge is -2.47. The molecule has 2 aliphatic heterocycles. The first-order valence-electron chi connectivity index (χ1n) is 14.8. The fourth-order valence-corrected chi connectivity index (χ4v) is 7.07. The van der Waals surface area contributed by atoms with Crippen molar-refractivity contribution in [1.29, 1.82) is 0 Å². The maximum absolute atomic E-state index is 13.6. The summed E-state index contributed by atoms with van der Waals surface area (Å²) in [7, 11) is 0. The molecule has 0 bridgehead atoms. The summed E-state index contributed by atoms with van der Waals surface area (Å²) in [6.45, 7) is 11.1. The molecule has 214 valence electrons. The highest BCUT2D eigenvalue weighted by Gasteiger charge is 2.46. The molecule has 3 fully saturated rings. The first-order chi connectivity index (χ1) is 18.3. The van der Waals surface area contributed by atoms with Crippen LogP contribution in [0.15, 0.2) is 30.3 Å². The second kappa shape index (κ2) is 12.9. The Bertz CT molecular complexity index is 1120. The van der Waals surface area contributed by atoms with Crippen LogP contribution in [0.2, 0.25) is 0 Å². The van der Waals surface area contributed by atoms with Crippen molar-refractivity contribution in [2.24, 2.45) is 11.8 Å². The lowest BCUT2D eigenvalue weighted by molar-refractivity contribution is -0.155. The Morgan fingerprint density at radius 2 is 1.64 bits per heavy atom. The first-order valence-corrected chi connectivity index (χ1v) is 14.8. The molecule has 2 saturated heterocycles. The molecule has 3 heterocycles. The van der Waals surface area contributed by atoms with Crippen molar-refractivity contribution >= 4 is 24.2 Å². The zero-order valence-corrected chi connectivity index (χ0v) is 24.9. The predicted octanol–water partition coefficient (Wildman–Crippen LogP) is 5.20. The van der Waals surface area contributed by atoms with Crippen molar-refractivity contribution in [3.8, 4) is 5.69 Å². The molecule has 0 unspecified atom stereocenters. The van der Waals surface area contributed by atoms with Crippen LogP contribution in [0, 0.1) is 25.7 Å². The highest BCUT2D eigenvalue weighted by atomic mass is 35.5. The molecule has 7 nitrogen and oxygen atoms in total. The van der Waals surface area contributed by atoms with E-state index in [1.165, 1.54) is 43.4 Å². The number of amides is 2. The van der Waals surface area contributed by atoms with E-state index in [0.717, 1.165) is 50.3 Å². The number of likely N-dealkylation sites (tertiary alicyclic amines) is 1. The lowest BCUT2D eigenvalue weighted by Crippen LogP contribution is -2.67. The summed E-state index contributed by atoms with van der Waals surface area (Å²) < 4.78 is 2.04. The Kier molecular flexibility index (Phi) is 9.76. The number of aromatic nitrogens is 2. The van der Waals surface area contributed by atoms with Gasteiger partial charge < -0.3 is 10.2 Å². The molecule has 5 rings (SSSR count). The van der Waals surface area contributed by atoms with Gasteiger partial charge in [0, 0.05) is 23.8 Å². The second-order valence-corrected chi connectivity index (χ2v) is 12.1. The molecule has 1 aliphatic carbocycles. The van der Waals surface area contributed by atoms with E-state index in [2.05, 4.69) is 50.0 Å². The van der Waals surface area contributed by atoms with Crippen LogP contribution in [0.4, 0.5) is 0 Å². The smallest absolute Gasteiger partial charge is 0.246 e. The van der Waals surface area contributed by atoms with Crippen molar-refractivity contribution in [3.05, 3.63) is 47.3 Å². The Morgan fingerprint density at radius 3 is 2.28 bits per heavy atom. The number of para-hydroxylation sites is 1. The number of carbonyl (C=O) groups excluding carboxylic acids is 2. The van der Waals surface area contributed by atoms with Crippen LogP contribution in [0.3, 0.4) is 0 Å². The van der Waals surface area contributed by atoms with E-state index < -0.39 is 0 Å². The van der Waals surface area contributed by atoms with Crippen molar-refractivity contribution in [2.45, 2.75) is 104 Å². The van der Waals surface area contributed by atoms with Crippen LogP contribution >= 0.6 is 12.4 Å². The van der Waals surface area contributed by atoms with Crippen molar-refractivity contribution < 1.29 is 9.59 Å². The summed E-state index contributed by atoms with van der Waals surface area (Å²) in [5, 5.41) is 8.00. The number of halogens is 1. The molecule has 0 spiro atoms. The van der Waals surface area contributed by atoms with E-state index in [-0.39, 0.29) is 48.3 Å². The summed E-state index contributed by atoms with van der Waals surface area (Å²) in [5.41, 5.74) is 4.62. The van der Waals surface area contributed by atoms with E-state index in [1.54, 1.807) is 0 Å². The minimum atomic E-state index is -0.351. The number of nitrogens with zero attached hydrogens (tertiary/aromatic N) is 4. The zero-order chi connectivity index (χ0) is 26.8. The molecule has 1 aromatic carbocycles. The van der Waals surface area contributed by atoms with Gasteiger partial charge in [-0.15, -0.1) is 12.4 Å². The van der Waals surface area contributed by atoms with Gasteiger partial charge in [0.15, 0.2) is 0 Å². The summed E-state index contributed by atoms with van der Waals surface area (Å²) in [6.07, 6.45) is 8.82. The normalized spacial score (nSPS) is 23.7.